The minimum Gasteiger partial charge on any atom is -0.494 e. The molecule has 0 aliphatic heterocycles. The zero-order chi connectivity index (χ0) is 16.7. The Morgan fingerprint density at radius 3 is 2.52 bits per heavy atom. The number of nitrogens with zero attached hydrogens (tertiary/aromatic N) is 1. The Hall–Kier alpha value is -2.22. The molecule has 0 radical (unpaired) electrons. The van der Waals surface area contributed by atoms with Crippen molar-refractivity contribution in [3.05, 3.63) is 24.3 Å². The van der Waals surface area contributed by atoms with Gasteiger partial charge < -0.3 is 15.4 Å². The molecule has 1 amide bonds. The molecule has 2 rings (SSSR count). The van der Waals surface area contributed by atoms with E-state index >= 15 is 0 Å². The first-order valence-electron chi connectivity index (χ1n) is 8.31. The SMILES string of the molecule is CCOc1ccc(N[C@@H](C)C(=O)NC2(C#N)CCCCC2)cc1. The third-order valence-electron chi connectivity index (χ3n) is 4.23. The van der Waals surface area contributed by atoms with Crippen molar-refractivity contribution < 1.29 is 9.53 Å². The molecule has 5 nitrogen and oxygen atoms in total. The fourth-order valence-electron chi connectivity index (χ4n) is 2.89. The molecule has 1 fully saturated rings. The maximum atomic E-state index is 12.4. The van der Waals surface area contributed by atoms with Crippen molar-refractivity contribution in [2.45, 2.75) is 57.5 Å². The van der Waals surface area contributed by atoms with Gasteiger partial charge in [0.2, 0.25) is 5.91 Å². The molecule has 0 aromatic heterocycles. The van der Waals surface area contributed by atoms with Gasteiger partial charge in [0.05, 0.1) is 12.7 Å². The highest BCUT2D eigenvalue weighted by Crippen LogP contribution is 2.27. The van der Waals surface area contributed by atoms with Gasteiger partial charge in [0.15, 0.2) is 0 Å². The predicted molar refractivity (Wildman–Crippen MR) is 90.3 cm³/mol. The minimum absolute atomic E-state index is 0.137. The Labute approximate surface area is 138 Å². The zero-order valence-corrected chi connectivity index (χ0v) is 13.9. The summed E-state index contributed by atoms with van der Waals surface area (Å²) in [6.07, 6.45) is 4.61. The van der Waals surface area contributed by atoms with E-state index in [9.17, 15) is 10.1 Å². The number of nitriles is 1. The second kappa shape index (κ2) is 7.87. The lowest BCUT2D eigenvalue weighted by Gasteiger charge is -2.32. The average molecular weight is 315 g/mol. The number of anilines is 1. The van der Waals surface area contributed by atoms with Gasteiger partial charge in [-0.05, 0) is 51.0 Å². The second-order valence-electron chi connectivity index (χ2n) is 6.07. The second-order valence-corrected chi connectivity index (χ2v) is 6.07. The van der Waals surface area contributed by atoms with Gasteiger partial charge in [0, 0.05) is 5.69 Å². The number of carbonyl (C=O) groups is 1. The van der Waals surface area contributed by atoms with Crippen LogP contribution < -0.4 is 15.4 Å². The molecule has 1 atom stereocenters. The smallest absolute Gasteiger partial charge is 0.243 e. The summed E-state index contributed by atoms with van der Waals surface area (Å²) < 4.78 is 5.40. The highest BCUT2D eigenvalue weighted by molar-refractivity contribution is 5.85. The first-order chi connectivity index (χ1) is 11.1. The number of rotatable bonds is 6. The summed E-state index contributed by atoms with van der Waals surface area (Å²) in [4.78, 5) is 12.4. The largest absolute Gasteiger partial charge is 0.494 e. The monoisotopic (exact) mass is 315 g/mol. The number of hydrogen-bond acceptors (Lipinski definition) is 4. The molecule has 0 spiro atoms. The van der Waals surface area contributed by atoms with Crippen LogP contribution in [0.4, 0.5) is 5.69 Å². The quantitative estimate of drug-likeness (QED) is 0.845. The van der Waals surface area contributed by atoms with Gasteiger partial charge in [0.1, 0.15) is 17.3 Å². The van der Waals surface area contributed by atoms with Crippen LogP contribution in [0.3, 0.4) is 0 Å². The average Bonchev–Trinajstić information content (AvgIpc) is 2.57. The highest BCUT2D eigenvalue weighted by atomic mass is 16.5. The number of benzene rings is 1. The van der Waals surface area contributed by atoms with Crippen molar-refractivity contribution in [2.24, 2.45) is 0 Å². The van der Waals surface area contributed by atoms with Gasteiger partial charge in [-0.1, -0.05) is 19.3 Å². The minimum atomic E-state index is -0.690. The summed E-state index contributed by atoms with van der Waals surface area (Å²) in [6.45, 7) is 4.37. The molecule has 23 heavy (non-hydrogen) atoms. The van der Waals surface area contributed by atoms with E-state index in [0.29, 0.717) is 6.61 Å². The molecule has 2 N–H and O–H groups in total. The van der Waals surface area contributed by atoms with Crippen molar-refractivity contribution >= 4 is 11.6 Å². The number of carbonyl (C=O) groups excluding carboxylic acids is 1. The van der Waals surface area contributed by atoms with Crippen LogP contribution in [0.5, 0.6) is 5.75 Å². The maximum Gasteiger partial charge on any atom is 0.243 e. The fraction of sp³-hybridized carbons (Fsp3) is 0.556. The van der Waals surface area contributed by atoms with Crippen LogP contribution in [0.1, 0.15) is 46.0 Å². The molecule has 1 aliphatic rings. The molecule has 0 unspecified atom stereocenters. The number of hydrogen-bond donors (Lipinski definition) is 2. The van der Waals surface area contributed by atoms with Crippen LogP contribution >= 0.6 is 0 Å². The summed E-state index contributed by atoms with van der Waals surface area (Å²) in [5, 5.41) is 15.6. The molecule has 1 aromatic carbocycles. The van der Waals surface area contributed by atoms with E-state index in [2.05, 4.69) is 16.7 Å². The topological polar surface area (TPSA) is 74.2 Å². The third-order valence-corrected chi connectivity index (χ3v) is 4.23. The van der Waals surface area contributed by atoms with E-state index < -0.39 is 11.6 Å². The zero-order valence-electron chi connectivity index (χ0n) is 13.9. The molecule has 1 aliphatic carbocycles. The first-order valence-corrected chi connectivity index (χ1v) is 8.31. The van der Waals surface area contributed by atoms with Crippen molar-refractivity contribution in [2.75, 3.05) is 11.9 Å². The predicted octanol–water partition coefficient (Wildman–Crippen LogP) is 3.23. The molecule has 1 aromatic rings. The van der Waals surface area contributed by atoms with Gasteiger partial charge in [-0.3, -0.25) is 4.79 Å². The van der Waals surface area contributed by atoms with Crippen LogP contribution in [0.25, 0.3) is 0 Å². The van der Waals surface area contributed by atoms with Gasteiger partial charge in [-0.2, -0.15) is 5.26 Å². The lowest BCUT2D eigenvalue weighted by atomic mass is 9.82. The Bertz CT molecular complexity index is 557. The summed E-state index contributed by atoms with van der Waals surface area (Å²) >= 11 is 0. The Kier molecular flexibility index (Phi) is 5.86. The number of nitrogens with one attached hydrogen (secondary N) is 2. The Morgan fingerprint density at radius 1 is 1.30 bits per heavy atom. The van der Waals surface area contributed by atoms with Crippen molar-refractivity contribution in [3.63, 3.8) is 0 Å². The molecular weight excluding hydrogens is 290 g/mol. The molecule has 1 saturated carbocycles. The first kappa shape index (κ1) is 17.1. The fourth-order valence-corrected chi connectivity index (χ4v) is 2.89. The van der Waals surface area contributed by atoms with Gasteiger partial charge in [-0.15, -0.1) is 0 Å². The molecule has 0 bridgehead atoms. The molecule has 0 heterocycles. The van der Waals surface area contributed by atoms with Crippen LogP contribution in [0, 0.1) is 11.3 Å². The molecule has 0 saturated heterocycles. The molecular formula is C18H25N3O2. The lowest BCUT2D eigenvalue weighted by Crippen LogP contribution is -2.52. The molecule has 5 heteroatoms. The molecule has 124 valence electrons. The van der Waals surface area contributed by atoms with E-state index in [-0.39, 0.29) is 5.91 Å². The summed E-state index contributed by atoms with van der Waals surface area (Å²) in [6, 6.07) is 9.42. The van der Waals surface area contributed by atoms with Gasteiger partial charge in [0.25, 0.3) is 0 Å². The van der Waals surface area contributed by atoms with Crippen molar-refractivity contribution in [1.82, 2.24) is 5.32 Å². The highest BCUT2D eigenvalue weighted by Gasteiger charge is 2.34. The van der Waals surface area contributed by atoms with E-state index in [1.807, 2.05) is 31.2 Å². The number of amides is 1. The maximum absolute atomic E-state index is 12.4. The van der Waals surface area contributed by atoms with Gasteiger partial charge in [-0.25, -0.2) is 0 Å². The van der Waals surface area contributed by atoms with Gasteiger partial charge >= 0.3 is 0 Å². The third kappa shape index (κ3) is 4.62. The van der Waals surface area contributed by atoms with E-state index in [0.717, 1.165) is 43.5 Å². The standard InChI is InChI=1S/C18H25N3O2/c1-3-23-16-9-7-15(8-10-16)20-14(2)17(22)21-18(13-19)11-5-4-6-12-18/h7-10,14,20H,3-6,11-12H2,1-2H3,(H,21,22)/t14-/m0/s1. The summed E-state index contributed by atoms with van der Waals surface area (Å²) in [7, 11) is 0. The lowest BCUT2D eigenvalue weighted by molar-refractivity contribution is -0.123. The Balaban J connectivity index is 1.92. The summed E-state index contributed by atoms with van der Waals surface area (Å²) in [5.74, 6) is 0.670. The van der Waals surface area contributed by atoms with Crippen LogP contribution in [0.15, 0.2) is 24.3 Å². The van der Waals surface area contributed by atoms with E-state index in [4.69, 9.17) is 4.74 Å². The number of ether oxygens (including phenoxy) is 1. The van der Waals surface area contributed by atoms with Crippen molar-refractivity contribution in [3.8, 4) is 11.8 Å². The Morgan fingerprint density at radius 2 is 1.96 bits per heavy atom. The van der Waals surface area contributed by atoms with Crippen LogP contribution in [-0.2, 0) is 4.79 Å². The summed E-state index contributed by atoms with van der Waals surface area (Å²) in [5.41, 5.74) is 0.162. The van der Waals surface area contributed by atoms with E-state index in [1.165, 1.54) is 0 Å². The van der Waals surface area contributed by atoms with E-state index in [1.54, 1.807) is 6.92 Å². The van der Waals surface area contributed by atoms with Crippen LogP contribution in [-0.4, -0.2) is 24.1 Å². The van der Waals surface area contributed by atoms with Crippen LogP contribution in [0.2, 0.25) is 0 Å². The van der Waals surface area contributed by atoms with Crippen molar-refractivity contribution in [1.29, 1.82) is 5.26 Å². The normalized spacial score (nSPS) is 17.6.